The molecule has 1 saturated heterocycles. The number of rotatable bonds is 8. The highest BCUT2D eigenvalue weighted by Gasteiger charge is 2.23. The zero-order valence-electron chi connectivity index (χ0n) is 17.7. The van der Waals surface area contributed by atoms with Gasteiger partial charge in [-0.2, -0.15) is 0 Å². The van der Waals surface area contributed by atoms with Crippen molar-refractivity contribution in [1.29, 1.82) is 0 Å². The normalized spacial score (nSPS) is 15.8. The van der Waals surface area contributed by atoms with E-state index in [0.29, 0.717) is 13.2 Å². The van der Waals surface area contributed by atoms with Crippen molar-refractivity contribution in [3.63, 3.8) is 0 Å². The average Bonchev–Trinajstić information content (AvgIpc) is 3.29. The number of anilines is 1. The van der Waals surface area contributed by atoms with Gasteiger partial charge >= 0.3 is 0 Å². The molecule has 0 aliphatic carbocycles. The highest BCUT2D eigenvalue weighted by molar-refractivity contribution is 14.0. The maximum atomic E-state index is 12.2. The van der Waals surface area contributed by atoms with Gasteiger partial charge in [0, 0.05) is 30.4 Å². The second-order valence-electron chi connectivity index (χ2n) is 7.19. The smallest absolute Gasteiger partial charge is 0.253 e. The first-order valence-corrected chi connectivity index (χ1v) is 10.8. The SMILES string of the molecule is CCNC(=NCc1cccc(NC(=O)C2CCCO2)c1)NCCc1ccc(Cl)cc1.I. The second kappa shape index (κ2) is 13.5. The fraction of sp³-hybridized carbons (Fsp3) is 0.391. The molecule has 3 N–H and O–H groups in total. The maximum Gasteiger partial charge on any atom is 0.253 e. The third-order valence-electron chi connectivity index (χ3n) is 4.80. The van der Waals surface area contributed by atoms with Crippen molar-refractivity contribution in [3.8, 4) is 0 Å². The van der Waals surface area contributed by atoms with Crippen molar-refractivity contribution < 1.29 is 9.53 Å². The van der Waals surface area contributed by atoms with Gasteiger partial charge in [-0.15, -0.1) is 24.0 Å². The molecule has 0 saturated carbocycles. The van der Waals surface area contributed by atoms with Crippen LogP contribution in [0.15, 0.2) is 53.5 Å². The largest absolute Gasteiger partial charge is 0.368 e. The Morgan fingerprint density at radius 1 is 1.16 bits per heavy atom. The summed E-state index contributed by atoms with van der Waals surface area (Å²) in [6.45, 7) is 4.76. The number of guanidine groups is 1. The van der Waals surface area contributed by atoms with E-state index in [1.165, 1.54) is 5.56 Å². The number of aliphatic imine (C=N–C) groups is 1. The van der Waals surface area contributed by atoms with E-state index in [1.54, 1.807) is 0 Å². The Balaban J connectivity index is 0.00000341. The summed E-state index contributed by atoms with van der Waals surface area (Å²) in [6.07, 6.45) is 2.26. The quantitative estimate of drug-likeness (QED) is 0.256. The Kier molecular flexibility index (Phi) is 11.1. The number of amides is 1. The van der Waals surface area contributed by atoms with E-state index in [9.17, 15) is 4.79 Å². The molecule has 1 amide bonds. The number of ether oxygens (including phenoxy) is 1. The van der Waals surface area contributed by atoms with Crippen molar-refractivity contribution in [3.05, 3.63) is 64.7 Å². The van der Waals surface area contributed by atoms with Crippen LogP contribution < -0.4 is 16.0 Å². The van der Waals surface area contributed by atoms with E-state index in [0.717, 1.165) is 54.6 Å². The lowest BCUT2D eigenvalue weighted by atomic mass is 10.1. The van der Waals surface area contributed by atoms with Gasteiger partial charge in [0.05, 0.1) is 6.54 Å². The topological polar surface area (TPSA) is 74.8 Å². The summed E-state index contributed by atoms with van der Waals surface area (Å²) in [5.41, 5.74) is 3.01. The Morgan fingerprint density at radius 2 is 1.97 bits per heavy atom. The first kappa shape index (κ1) is 25.4. The third kappa shape index (κ3) is 8.66. The molecule has 1 heterocycles. The van der Waals surface area contributed by atoms with Gasteiger partial charge in [-0.3, -0.25) is 4.79 Å². The zero-order chi connectivity index (χ0) is 21.2. The van der Waals surface area contributed by atoms with Gasteiger partial charge in [-0.05, 0) is 61.6 Å². The minimum absolute atomic E-state index is 0. The molecule has 6 nitrogen and oxygen atoms in total. The lowest BCUT2D eigenvalue weighted by Gasteiger charge is -2.12. The van der Waals surface area contributed by atoms with E-state index in [2.05, 4.69) is 20.9 Å². The molecule has 168 valence electrons. The van der Waals surface area contributed by atoms with Gasteiger partial charge in [0.1, 0.15) is 6.10 Å². The minimum Gasteiger partial charge on any atom is -0.368 e. The molecule has 1 aliphatic heterocycles. The summed E-state index contributed by atoms with van der Waals surface area (Å²) < 4.78 is 5.44. The number of halogens is 2. The van der Waals surface area contributed by atoms with Crippen LogP contribution in [0.4, 0.5) is 5.69 Å². The molecule has 0 aromatic heterocycles. The minimum atomic E-state index is -0.336. The lowest BCUT2D eigenvalue weighted by molar-refractivity contribution is -0.124. The molecule has 1 unspecified atom stereocenters. The third-order valence-corrected chi connectivity index (χ3v) is 5.05. The second-order valence-corrected chi connectivity index (χ2v) is 7.63. The van der Waals surface area contributed by atoms with Crippen LogP contribution >= 0.6 is 35.6 Å². The van der Waals surface area contributed by atoms with Crippen molar-refractivity contribution in [2.24, 2.45) is 4.99 Å². The number of benzene rings is 2. The Morgan fingerprint density at radius 3 is 2.68 bits per heavy atom. The molecule has 2 aromatic rings. The first-order valence-electron chi connectivity index (χ1n) is 10.4. The lowest BCUT2D eigenvalue weighted by Crippen LogP contribution is -2.38. The first-order chi connectivity index (χ1) is 14.6. The van der Waals surface area contributed by atoms with Gasteiger partial charge in [0.25, 0.3) is 5.91 Å². The van der Waals surface area contributed by atoms with Gasteiger partial charge in [-0.25, -0.2) is 4.99 Å². The van der Waals surface area contributed by atoms with E-state index in [1.807, 2.05) is 55.5 Å². The van der Waals surface area contributed by atoms with Crippen LogP contribution in [-0.2, 0) is 22.5 Å². The van der Waals surface area contributed by atoms with E-state index < -0.39 is 0 Å². The molecule has 3 rings (SSSR count). The monoisotopic (exact) mass is 556 g/mol. The molecule has 1 fully saturated rings. The molecule has 1 aliphatic rings. The highest BCUT2D eigenvalue weighted by Crippen LogP contribution is 2.16. The summed E-state index contributed by atoms with van der Waals surface area (Å²) in [6, 6.07) is 15.6. The van der Waals surface area contributed by atoms with Crippen molar-refractivity contribution >= 4 is 53.1 Å². The molecule has 31 heavy (non-hydrogen) atoms. The van der Waals surface area contributed by atoms with Crippen LogP contribution in [0.3, 0.4) is 0 Å². The number of carbonyl (C=O) groups excluding carboxylic acids is 1. The van der Waals surface area contributed by atoms with E-state index in [-0.39, 0.29) is 36.0 Å². The summed E-state index contributed by atoms with van der Waals surface area (Å²) in [5.74, 6) is 0.686. The maximum absolute atomic E-state index is 12.2. The van der Waals surface area contributed by atoms with Crippen LogP contribution in [0.1, 0.15) is 30.9 Å². The Labute approximate surface area is 206 Å². The molecule has 8 heteroatoms. The van der Waals surface area contributed by atoms with Crippen LogP contribution in [0.5, 0.6) is 0 Å². The van der Waals surface area contributed by atoms with Crippen LogP contribution in [0.2, 0.25) is 5.02 Å². The zero-order valence-corrected chi connectivity index (χ0v) is 20.8. The predicted molar refractivity (Wildman–Crippen MR) is 137 cm³/mol. The molecular weight excluding hydrogens is 527 g/mol. The molecule has 0 bridgehead atoms. The number of nitrogens with zero attached hydrogens (tertiary/aromatic N) is 1. The van der Waals surface area contributed by atoms with Gasteiger partial charge in [0.2, 0.25) is 0 Å². The number of hydrogen-bond donors (Lipinski definition) is 3. The average molecular weight is 557 g/mol. The predicted octanol–water partition coefficient (Wildman–Crippen LogP) is 4.37. The number of nitrogens with one attached hydrogen (secondary N) is 3. The molecular formula is C23H30ClIN4O2. The Bertz CT molecular complexity index is 855. The summed E-state index contributed by atoms with van der Waals surface area (Å²) in [7, 11) is 0. The number of carbonyl (C=O) groups is 1. The van der Waals surface area contributed by atoms with Crippen molar-refractivity contribution in [2.75, 3.05) is 25.0 Å². The summed E-state index contributed by atoms with van der Waals surface area (Å²) in [5, 5.41) is 10.3. The van der Waals surface area contributed by atoms with E-state index in [4.69, 9.17) is 16.3 Å². The standard InChI is InChI=1S/C23H29ClN4O2.HI/c1-2-25-23(26-13-12-17-8-10-19(24)11-9-17)27-16-18-5-3-6-20(15-18)28-22(29)21-7-4-14-30-21;/h3,5-6,8-11,15,21H,2,4,7,12-14,16H2,1H3,(H,28,29)(H2,25,26,27);1H. The van der Waals surface area contributed by atoms with Crippen molar-refractivity contribution in [1.82, 2.24) is 10.6 Å². The van der Waals surface area contributed by atoms with Crippen LogP contribution in [-0.4, -0.2) is 37.7 Å². The van der Waals surface area contributed by atoms with Gasteiger partial charge < -0.3 is 20.7 Å². The fourth-order valence-electron chi connectivity index (χ4n) is 3.24. The van der Waals surface area contributed by atoms with Gasteiger partial charge in [-0.1, -0.05) is 35.9 Å². The van der Waals surface area contributed by atoms with Crippen molar-refractivity contribution in [2.45, 2.75) is 38.8 Å². The molecule has 0 radical (unpaired) electrons. The molecule has 0 spiro atoms. The number of hydrogen-bond acceptors (Lipinski definition) is 3. The Hall–Kier alpha value is -1.84. The summed E-state index contributed by atoms with van der Waals surface area (Å²) >= 11 is 5.93. The molecule has 2 aromatic carbocycles. The van der Waals surface area contributed by atoms with Gasteiger partial charge in [0.15, 0.2) is 5.96 Å². The van der Waals surface area contributed by atoms with Crippen LogP contribution in [0.25, 0.3) is 0 Å². The van der Waals surface area contributed by atoms with Crippen LogP contribution in [0, 0.1) is 0 Å². The molecule has 1 atom stereocenters. The van der Waals surface area contributed by atoms with E-state index >= 15 is 0 Å². The highest BCUT2D eigenvalue weighted by atomic mass is 127. The fourth-order valence-corrected chi connectivity index (χ4v) is 3.37. The summed E-state index contributed by atoms with van der Waals surface area (Å²) in [4.78, 5) is 16.9.